The molecule has 2 N–H and O–H groups in total. The van der Waals surface area contributed by atoms with Gasteiger partial charge >= 0.3 is 6.09 Å². The van der Waals surface area contributed by atoms with Crippen molar-refractivity contribution in [3.05, 3.63) is 22.8 Å². The summed E-state index contributed by atoms with van der Waals surface area (Å²) >= 11 is 5.74. The second-order valence-electron chi connectivity index (χ2n) is 3.99. The number of halogens is 1. The molecular weight excluding hydrogens is 286 g/mol. The van der Waals surface area contributed by atoms with Crippen molar-refractivity contribution in [1.82, 2.24) is 15.2 Å². The summed E-state index contributed by atoms with van der Waals surface area (Å²) in [5.41, 5.74) is 0.599. The van der Waals surface area contributed by atoms with Crippen molar-refractivity contribution < 1.29 is 19.4 Å². The molecule has 0 aliphatic rings. The molecule has 0 bridgehead atoms. The quantitative estimate of drug-likeness (QED) is 0.774. The molecule has 0 spiro atoms. The van der Waals surface area contributed by atoms with E-state index in [0.29, 0.717) is 5.56 Å². The molecule has 1 aromatic rings. The number of rotatable bonds is 6. The number of pyridine rings is 1. The molecule has 2 amide bonds. The Labute approximate surface area is 121 Å². The van der Waals surface area contributed by atoms with Crippen LogP contribution in [0.3, 0.4) is 0 Å². The fourth-order valence-corrected chi connectivity index (χ4v) is 1.70. The van der Waals surface area contributed by atoms with Gasteiger partial charge in [-0.2, -0.15) is 0 Å². The van der Waals surface area contributed by atoms with Crippen molar-refractivity contribution in [2.75, 3.05) is 20.2 Å². The van der Waals surface area contributed by atoms with Crippen LogP contribution in [0.2, 0.25) is 5.15 Å². The molecule has 8 heteroatoms. The van der Waals surface area contributed by atoms with Crippen LogP contribution in [0.25, 0.3) is 0 Å². The fourth-order valence-electron chi connectivity index (χ4n) is 1.56. The maximum absolute atomic E-state index is 11.2. The Kier molecular flexibility index (Phi) is 6.05. The fraction of sp³-hybridized carbons (Fsp3) is 0.417. The number of nitrogens with one attached hydrogen (secondary N) is 1. The monoisotopic (exact) mass is 301 g/mol. The zero-order valence-electron chi connectivity index (χ0n) is 11.2. The average Bonchev–Trinajstić information content (AvgIpc) is 2.38. The maximum atomic E-state index is 11.2. The van der Waals surface area contributed by atoms with Crippen LogP contribution in [0.5, 0.6) is 5.88 Å². The SMILES string of the molecule is COc1nc(Cl)ccc1CN(CCNC(C)=O)C(=O)O. The molecule has 0 saturated heterocycles. The highest BCUT2D eigenvalue weighted by atomic mass is 35.5. The Balaban J connectivity index is 2.75. The van der Waals surface area contributed by atoms with E-state index >= 15 is 0 Å². The molecule has 0 radical (unpaired) electrons. The Morgan fingerprint density at radius 3 is 2.75 bits per heavy atom. The van der Waals surface area contributed by atoms with E-state index in [-0.39, 0.29) is 36.6 Å². The number of hydrogen-bond donors (Lipinski definition) is 2. The van der Waals surface area contributed by atoms with E-state index < -0.39 is 6.09 Å². The number of amides is 2. The molecule has 0 unspecified atom stereocenters. The highest BCUT2D eigenvalue weighted by molar-refractivity contribution is 6.29. The third-order valence-corrected chi connectivity index (χ3v) is 2.70. The first-order chi connectivity index (χ1) is 9.43. The van der Waals surface area contributed by atoms with Crippen molar-refractivity contribution in [2.24, 2.45) is 0 Å². The zero-order valence-corrected chi connectivity index (χ0v) is 12.0. The summed E-state index contributed by atoms with van der Waals surface area (Å²) in [7, 11) is 1.44. The molecule has 7 nitrogen and oxygen atoms in total. The van der Waals surface area contributed by atoms with Crippen molar-refractivity contribution in [2.45, 2.75) is 13.5 Å². The molecule has 0 aliphatic carbocycles. The summed E-state index contributed by atoms with van der Waals surface area (Å²) in [6.45, 7) is 1.88. The molecule has 20 heavy (non-hydrogen) atoms. The number of methoxy groups -OCH3 is 1. The second-order valence-corrected chi connectivity index (χ2v) is 4.38. The Hall–Kier alpha value is -2.02. The van der Waals surface area contributed by atoms with Gasteiger partial charge in [0.2, 0.25) is 11.8 Å². The Bertz CT molecular complexity index is 496. The number of carboxylic acid groups (broad SMARTS) is 1. The molecule has 1 rings (SSSR count). The van der Waals surface area contributed by atoms with E-state index in [1.165, 1.54) is 14.0 Å². The van der Waals surface area contributed by atoms with Crippen LogP contribution in [-0.4, -0.2) is 47.2 Å². The zero-order chi connectivity index (χ0) is 15.1. The third-order valence-electron chi connectivity index (χ3n) is 2.49. The van der Waals surface area contributed by atoms with Crippen molar-refractivity contribution >= 4 is 23.6 Å². The standard InChI is InChI=1S/C12H16ClN3O4/c1-8(17)14-5-6-16(12(18)19)7-9-3-4-10(13)15-11(9)20-2/h3-4H,5-7H2,1-2H3,(H,14,17)(H,18,19). The minimum Gasteiger partial charge on any atom is -0.481 e. The average molecular weight is 302 g/mol. The van der Waals surface area contributed by atoms with Gasteiger partial charge in [-0.05, 0) is 12.1 Å². The van der Waals surface area contributed by atoms with Gasteiger partial charge in [-0.25, -0.2) is 9.78 Å². The first-order valence-electron chi connectivity index (χ1n) is 5.85. The molecular formula is C12H16ClN3O4. The normalized spacial score (nSPS) is 9.95. The lowest BCUT2D eigenvalue weighted by Gasteiger charge is -2.20. The van der Waals surface area contributed by atoms with Crippen LogP contribution < -0.4 is 10.1 Å². The number of carbonyl (C=O) groups excluding carboxylic acids is 1. The maximum Gasteiger partial charge on any atom is 0.407 e. The van der Waals surface area contributed by atoms with E-state index in [4.69, 9.17) is 21.4 Å². The van der Waals surface area contributed by atoms with Crippen LogP contribution in [0.4, 0.5) is 4.79 Å². The molecule has 0 fully saturated rings. The molecule has 0 aliphatic heterocycles. The highest BCUT2D eigenvalue weighted by Crippen LogP contribution is 2.20. The first-order valence-corrected chi connectivity index (χ1v) is 6.23. The lowest BCUT2D eigenvalue weighted by molar-refractivity contribution is -0.119. The van der Waals surface area contributed by atoms with Crippen LogP contribution in [-0.2, 0) is 11.3 Å². The number of aromatic nitrogens is 1. The van der Waals surface area contributed by atoms with E-state index in [9.17, 15) is 9.59 Å². The summed E-state index contributed by atoms with van der Waals surface area (Å²) < 4.78 is 5.06. The van der Waals surface area contributed by atoms with Crippen LogP contribution in [0.1, 0.15) is 12.5 Å². The first kappa shape index (κ1) is 16.0. The molecule has 0 atom stereocenters. The van der Waals surface area contributed by atoms with Gasteiger partial charge in [0.25, 0.3) is 0 Å². The summed E-state index contributed by atoms with van der Waals surface area (Å²) in [6, 6.07) is 3.22. The van der Waals surface area contributed by atoms with Crippen molar-refractivity contribution in [3.8, 4) is 5.88 Å². The van der Waals surface area contributed by atoms with Crippen LogP contribution in [0, 0.1) is 0 Å². The van der Waals surface area contributed by atoms with E-state index in [0.717, 1.165) is 4.90 Å². The minimum atomic E-state index is -1.09. The van der Waals surface area contributed by atoms with Gasteiger partial charge in [-0.3, -0.25) is 4.79 Å². The van der Waals surface area contributed by atoms with Gasteiger partial charge < -0.3 is 20.1 Å². The molecule has 110 valence electrons. The number of ether oxygens (including phenoxy) is 1. The molecule has 1 heterocycles. The lowest BCUT2D eigenvalue weighted by atomic mass is 10.2. The topological polar surface area (TPSA) is 91.8 Å². The van der Waals surface area contributed by atoms with Gasteiger partial charge in [0.15, 0.2) is 0 Å². The smallest absolute Gasteiger partial charge is 0.407 e. The molecule has 0 saturated carbocycles. The number of hydrogen-bond acceptors (Lipinski definition) is 4. The number of carbonyl (C=O) groups is 2. The summed E-state index contributed by atoms with van der Waals surface area (Å²) in [5.74, 6) is 0.0735. The third kappa shape index (κ3) is 4.93. The van der Waals surface area contributed by atoms with Gasteiger partial charge in [-0.1, -0.05) is 11.6 Å². The largest absolute Gasteiger partial charge is 0.481 e. The Morgan fingerprint density at radius 2 is 2.20 bits per heavy atom. The lowest BCUT2D eigenvalue weighted by Crippen LogP contribution is -2.36. The second kappa shape index (κ2) is 7.54. The summed E-state index contributed by atoms with van der Waals surface area (Å²) in [5, 5.41) is 12.0. The minimum absolute atomic E-state index is 0.0995. The van der Waals surface area contributed by atoms with Gasteiger partial charge in [0, 0.05) is 25.6 Å². The van der Waals surface area contributed by atoms with Crippen molar-refractivity contribution in [1.29, 1.82) is 0 Å². The Morgan fingerprint density at radius 1 is 1.50 bits per heavy atom. The van der Waals surface area contributed by atoms with Crippen molar-refractivity contribution in [3.63, 3.8) is 0 Å². The van der Waals surface area contributed by atoms with Gasteiger partial charge in [0.1, 0.15) is 5.15 Å². The van der Waals surface area contributed by atoms with E-state index in [1.807, 2.05) is 0 Å². The van der Waals surface area contributed by atoms with E-state index in [1.54, 1.807) is 12.1 Å². The predicted octanol–water partition coefficient (Wildman–Crippen LogP) is 1.36. The van der Waals surface area contributed by atoms with Crippen LogP contribution in [0.15, 0.2) is 12.1 Å². The predicted molar refractivity (Wildman–Crippen MR) is 72.9 cm³/mol. The summed E-state index contributed by atoms with van der Waals surface area (Å²) in [6.07, 6.45) is -1.09. The summed E-state index contributed by atoms with van der Waals surface area (Å²) in [4.78, 5) is 27.1. The van der Waals surface area contributed by atoms with E-state index in [2.05, 4.69) is 10.3 Å². The highest BCUT2D eigenvalue weighted by Gasteiger charge is 2.15. The number of nitrogens with zero attached hydrogens (tertiary/aromatic N) is 2. The van der Waals surface area contributed by atoms with Gasteiger partial charge in [-0.15, -0.1) is 0 Å². The van der Waals surface area contributed by atoms with Crippen LogP contribution >= 0.6 is 11.6 Å². The molecule has 0 aromatic carbocycles. The van der Waals surface area contributed by atoms with Gasteiger partial charge in [0.05, 0.1) is 13.7 Å². The molecule has 1 aromatic heterocycles.